The lowest BCUT2D eigenvalue weighted by molar-refractivity contribution is -0.140. The molecule has 3 atom stereocenters. The lowest BCUT2D eigenvalue weighted by atomic mass is 10.1. The van der Waals surface area contributed by atoms with Gasteiger partial charge in [0, 0.05) is 18.3 Å². The molecule has 1 aliphatic carbocycles. The molecule has 0 saturated heterocycles. The maximum Gasteiger partial charge on any atom is 0.419 e. The van der Waals surface area contributed by atoms with Gasteiger partial charge >= 0.3 is 12.1 Å². The van der Waals surface area contributed by atoms with Gasteiger partial charge in [-0.3, -0.25) is 4.79 Å². The molecule has 2 N–H and O–H groups in total. The highest BCUT2D eigenvalue weighted by Gasteiger charge is 2.70. The van der Waals surface area contributed by atoms with Crippen molar-refractivity contribution >= 4 is 28.4 Å². The molecule has 13 heteroatoms. The molecule has 176 valence electrons. The molecule has 0 radical (unpaired) electrons. The number of sulfonamides is 1. The summed E-state index contributed by atoms with van der Waals surface area (Å²) in [5.41, 5.74) is -2.00. The summed E-state index contributed by atoms with van der Waals surface area (Å²) < 4.78 is 67.2. The van der Waals surface area contributed by atoms with E-state index in [2.05, 4.69) is 14.8 Å². The summed E-state index contributed by atoms with van der Waals surface area (Å²) in [7, 11) is -4.29. The second kappa shape index (κ2) is 8.43. The van der Waals surface area contributed by atoms with Crippen LogP contribution in [0.1, 0.15) is 24.0 Å². The molecular weight excluding hydrogens is 485 g/mol. The molecule has 1 aromatic carbocycles. The van der Waals surface area contributed by atoms with Crippen molar-refractivity contribution in [2.45, 2.75) is 29.5 Å². The van der Waals surface area contributed by atoms with Crippen LogP contribution in [0.4, 0.5) is 13.2 Å². The molecule has 8 nitrogen and oxygen atoms in total. The van der Waals surface area contributed by atoms with E-state index in [9.17, 15) is 31.5 Å². The number of alkyl halides is 3. The Hall–Kier alpha value is -2.96. The van der Waals surface area contributed by atoms with Gasteiger partial charge in [0.15, 0.2) is 5.82 Å². The number of hydrogen-bond acceptors (Lipinski definition) is 5. The van der Waals surface area contributed by atoms with Crippen LogP contribution in [0.3, 0.4) is 0 Å². The van der Waals surface area contributed by atoms with E-state index in [-0.39, 0.29) is 23.1 Å². The Bertz CT molecular complexity index is 1270. The largest absolute Gasteiger partial charge is 0.480 e. The van der Waals surface area contributed by atoms with Gasteiger partial charge in [-0.2, -0.15) is 23.0 Å². The second-order valence-electron chi connectivity index (χ2n) is 7.48. The highest BCUT2D eigenvalue weighted by molar-refractivity contribution is 7.89. The number of benzene rings is 1. The normalized spacial score (nSPS) is 22.4. The number of aliphatic carboxylic acids is 1. The van der Waals surface area contributed by atoms with Crippen molar-refractivity contribution in [3.63, 3.8) is 0 Å². The van der Waals surface area contributed by atoms with Crippen molar-refractivity contribution in [2.24, 2.45) is 5.92 Å². The topological polar surface area (TPSA) is 114 Å². The van der Waals surface area contributed by atoms with Crippen LogP contribution in [0.25, 0.3) is 5.82 Å². The van der Waals surface area contributed by atoms with Gasteiger partial charge < -0.3 is 5.11 Å². The molecule has 2 aromatic heterocycles. The van der Waals surface area contributed by atoms with Crippen molar-refractivity contribution in [1.29, 1.82) is 0 Å². The predicted molar refractivity (Wildman–Crippen MR) is 113 cm³/mol. The molecule has 4 rings (SSSR count). The Morgan fingerprint density at radius 1 is 1.15 bits per heavy atom. The van der Waals surface area contributed by atoms with Crippen molar-refractivity contribution in [3.05, 3.63) is 72.2 Å². The molecule has 0 spiro atoms. The Morgan fingerprint density at radius 2 is 1.82 bits per heavy atom. The number of nitrogens with zero attached hydrogens (tertiary/aromatic N) is 3. The number of pyridine rings is 1. The average molecular weight is 503 g/mol. The number of carboxylic acids is 1. The third-order valence-corrected chi connectivity index (χ3v) is 7.06. The molecule has 3 aromatic rings. The van der Waals surface area contributed by atoms with Crippen LogP contribution in [0.5, 0.6) is 0 Å². The number of hydrogen-bond donors (Lipinski definition) is 2. The van der Waals surface area contributed by atoms with Crippen LogP contribution in [0, 0.1) is 5.92 Å². The zero-order valence-electron chi connectivity index (χ0n) is 16.9. The lowest BCUT2D eigenvalue weighted by Gasteiger charge is -2.16. The molecule has 0 aliphatic heterocycles. The van der Waals surface area contributed by atoms with E-state index in [0.717, 1.165) is 23.1 Å². The number of aromatic nitrogens is 3. The van der Waals surface area contributed by atoms with Crippen molar-refractivity contribution in [1.82, 2.24) is 19.5 Å². The quantitative estimate of drug-likeness (QED) is 0.535. The first kappa shape index (κ1) is 24.7. The average Bonchev–Trinajstić information content (AvgIpc) is 3.09. The van der Waals surface area contributed by atoms with E-state index in [1.54, 1.807) is 37.3 Å². The maximum absolute atomic E-state index is 12.9. The highest BCUT2D eigenvalue weighted by Crippen LogP contribution is 2.58. The summed E-state index contributed by atoms with van der Waals surface area (Å²) >= 11 is 0. The fourth-order valence-electron chi connectivity index (χ4n) is 3.84. The molecular formula is C20H18ClF3N4O4S. The van der Waals surface area contributed by atoms with E-state index in [1.807, 2.05) is 0 Å². The van der Waals surface area contributed by atoms with E-state index in [1.165, 1.54) is 6.07 Å². The number of halogens is 4. The fraction of sp³-hybridized carbons (Fsp3) is 0.250. The molecule has 33 heavy (non-hydrogen) atoms. The van der Waals surface area contributed by atoms with E-state index < -0.39 is 45.1 Å². The minimum Gasteiger partial charge on any atom is -0.480 e. The second-order valence-corrected chi connectivity index (χ2v) is 9.16. The number of carboxylic acid groups (broad SMARTS) is 1. The monoisotopic (exact) mass is 502 g/mol. The van der Waals surface area contributed by atoms with Crippen LogP contribution in [0.15, 0.2) is 66.0 Å². The third-order valence-electron chi connectivity index (χ3n) is 5.59. The first-order valence-corrected chi connectivity index (χ1v) is 10.9. The van der Waals surface area contributed by atoms with Crippen molar-refractivity contribution < 1.29 is 31.5 Å². The molecule has 1 aliphatic rings. The summed E-state index contributed by atoms with van der Waals surface area (Å²) in [4.78, 5) is 15.6. The van der Waals surface area contributed by atoms with Crippen LogP contribution < -0.4 is 4.72 Å². The molecule has 0 bridgehead atoms. The summed E-state index contributed by atoms with van der Waals surface area (Å²) in [5, 5.41) is 13.4. The van der Waals surface area contributed by atoms with Gasteiger partial charge in [0.1, 0.15) is 10.4 Å². The van der Waals surface area contributed by atoms with Crippen molar-refractivity contribution in [2.75, 3.05) is 0 Å². The Labute approximate surface area is 192 Å². The maximum atomic E-state index is 12.9. The Kier molecular flexibility index (Phi) is 6.30. The van der Waals surface area contributed by atoms with Crippen LogP contribution in [-0.2, 0) is 21.0 Å². The van der Waals surface area contributed by atoms with Gasteiger partial charge in [-0.15, -0.1) is 12.4 Å². The number of rotatable bonds is 6. The molecule has 1 unspecified atom stereocenters. The van der Waals surface area contributed by atoms with E-state index in [4.69, 9.17) is 0 Å². The predicted octanol–water partition coefficient (Wildman–Crippen LogP) is 3.24. The Balaban J connectivity index is 0.00000306. The zero-order valence-corrected chi connectivity index (χ0v) is 18.5. The van der Waals surface area contributed by atoms with Gasteiger partial charge in [-0.25, -0.2) is 18.1 Å². The highest BCUT2D eigenvalue weighted by atomic mass is 35.5. The summed E-state index contributed by atoms with van der Waals surface area (Å²) in [5.74, 6) is -2.40. The molecule has 2 heterocycles. The number of nitrogens with one attached hydrogen (secondary N) is 1. The van der Waals surface area contributed by atoms with Crippen LogP contribution in [-0.4, -0.2) is 39.8 Å². The molecule has 1 saturated carbocycles. The van der Waals surface area contributed by atoms with E-state index in [0.29, 0.717) is 11.8 Å². The SMILES string of the molecule is CC1[C@H](c2ccccc2)[C@]1(NS(=O)(=O)c1ccc(-n2cc(C(F)(F)F)cn2)nc1)C(=O)O.Cl. The van der Waals surface area contributed by atoms with Crippen LogP contribution in [0.2, 0.25) is 0 Å². The minimum atomic E-state index is -4.58. The van der Waals surface area contributed by atoms with Gasteiger partial charge in [0.2, 0.25) is 10.0 Å². The number of carbonyl (C=O) groups is 1. The summed E-state index contributed by atoms with van der Waals surface area (Å²) in [6.45, 7) is 1.64. The molecule has 0 amide bonds. The fourth-order valence-corrected chi connectivity index (χ4v) is 5.24. The van der Waals surface area contributed by atoms with E-state index >= 15 is 0 Å². The first-order chi connectivity index (χ1) is 15.0. The minimum absolute atomic E-state index is 0. The standard InChI is InChI=1S/C20H17F3N4O4S.ClH/c1-12-17(13-5-3-2-4-6-13)19(12,18(28)29)26-32(30,31)15-7-8-16(24-10-15)27-11-14(9-25-27)20(21,22)23;/h2-12,17,26H,1H3,(H,28,29);1H/t12?,17-,19+;/m1./s1. The van der Waals surface area contributed by atoms with Crippen molar-refractivity contribution in [3.8, 4) is 5.82 Å². The van der Waals surface area contributed by atoms with Crippen LogP contribution >= 0.6 is 12.4 Å². The summed E-state index contributed by atoms with van der Waals surface area (Å²) in [6.07, 6.45) is -2.28. The summed E-state index contributed by atoms with van der Waals surface area (Å²) in [6, 6.07) is 11.0. The van der Waals surface area contributed by atoms with Gasteiger partial charge in [0.05, 0.1) is 11.8 Å². The Morgan fingerprint density at radius 3 is 2.33 bits per heavy atom. The molecule has 1 fully saturated rings. The van der Waals surface area contributed by atoms with Gasteiger partial charge in [-0.1, -0.05) is 37.3 Å². The lowest BCUT2D eigenvalue weighted by Crippen LogP contribution is -2.45. The van der Waals surface area contributed by atoms with Gasteiger partial charge in [-0.05, 0) is 23.6 Å². The zero-order chi connectivity index (χ0) is 23.3. The van der Waals surface area contributed by atoms with Gasteiger partial charge in [0.25, 0.3) is 0 Å². The third kappa shape index (κ3) is 4.33. The smallest absolute Gasteiger partial charge is 0.419 e. The first-order valence-electron chi connectivity index (χ1n) is 9.37.